The van der Waals surface area contributed by atoms with E-state index >= 15 is 0 Å². The van der Waals surface area contributed by atoms with Crippen LogP contribution >= 0.6 is 11.3 Å². The van der Waals surface area contributed by atoms with Gasteiger partial charge in [-0.1, -0.05) is 32.1 Å². The number of aromatic nitrogens is 2. The van der Waals surface area contributed by atoms with E-state index in [-0.39, 0.29) is 5.41 Å². The van der Waals surface area contributed by atoms with Crippen molar-refractivity contribution in [2.45, 2.75) is 33.1 Å². The molecule has 0 saturated carbocycles. The van der Waals surface area contributed by atoms with E-state index in [1.165, 1.54) is 11.3 Å². The summed E-state index contributed by atoms with van der Waals surface area (Å²) in [6.45, 7) is 8.16. The van der Waals surface area contributed by atoms with Gasteiger partial charge in [-0.2, -0.15) is 4.57 Å². The topological polar surface area (TPSA) is 7.76 Å². The van der Waals surface area contributed by atoms with Crippen molar-refractivity contribution >= 4 is 11.3 Å². The van der Waals surface area contributed by atoms with Crippen LogP contribution in [0.3, 0.4) is 0 Å². The van der Waals surface area contributed by atoms with Crippen LogP contribution in [-0.4, -0.2) is 0 Å². The second kappa shape index (κ2) is 6.54. The molecule has 0 radical (unpaired) electrons. The Morgan fingerprint density at radius 1 is 0.923 bits per heavy atom. The van der Waals surface area contributed by atoms with Crippen molar-refractivity contribution < 1.29 is 17.9 Å². The number of aryl methyl sites for hydroxylation is 2. The van der Waals surface area contributed by atoms with Crippen molar-refractivity contribution in [3.05, 3.63) is 58.7 Å². The fourth-order valence-corrected chi connectivity index (χ4v) is 4.14. The van der Waals surface area contributed by atoms with Gasteiger partial charge in [-0.3, -0.25) is 0 Å². The average Bonchev–Trinajstić information content (AvgIpc) is 2.93. The van der Waals surface area contributed by atoms with Crippen LogP contribution in [0.25, 0.3) is 21.8 Å². The number of hydrogen-bond donors (Lipinski definition) is 0. The lowest BCUT2D eigenvalue weighted by Gasteiger charge is -2.19. The zero-order valence-electron chi connectivity index (χ0n) is 16.0. The maximum absolute atomic E-state index is 14.9. The molecule has 26 heavy (non-hydrogen) atoms. The molecule has 0 N–H and O–H groups in total. The van der Waals surface area contributed by atoms with Crippen molar-refractivity contribution in [1.82, 2.24) is 0 Å². The molecule has 0 aliphatic carbocycles. The number of nitrogens with zero attached hydrogens (tertiary/aromatic N) is 2. The average molecular weight is 375 g/mol. The first-order valence-corrected chi connectivity index (χ1v) is 9.42. The predicted molar refractivity (Wildman–Crippen MR) is 101 cm³/mol. The van der Waals surface area contributed by atoms with Gasteiger partial charge in [0.05, 0.1) is 16.5 Å². The summed E-state index contributed by atoms with van der Waals surface area (Å²) in [5.41, 5.74) is 3.31. The molecule has 1 aromatic carbocycles. The molecule has 0 amide bonds. The van der Waals surface area contributed by atoms with Crippen molar-refractivity contribution in [3.63, 3.8) is 0 Å². The highest BCUT2D eigenvalue weighted by Crippen LogP contribution is 2.36. The van der Waals surface area contributed by atoms with E-state index in [1.807, 2.05) is 53.1 Å². The van der Waals surface area contributed by atoms with Crippen molar-refractivity contribution in [2.24, 2.45) is 14.1 Å². The van der Waals surface area contributed by atoms with Crippen LogP contribution in [0.5, 0.6) is 0 Å². The molecule has 136 valence electrons. The van der Waals surface area contributed by atoms with Gasteiger partial charge in [0.15, 0.2) is 12.4 Å². The molecule has 0 spiro atoms. The van der Waals surface area contributed by atoms with Gasteiger partial charge >= 0.3 is 0 Å². The largest absolute Gasteiger partial charge is 0.272 e. The van der Waals surface area contributed by atoms with Gasteiger partial charge in [0.2, 0.25) is 5.69 Å². The minimum Gasteiger partial charge on any atom is -0.206 e. The van der Waals surface area contributed by atoms with Gasteiger partial charge in [-0.05, 0) is 23.5 Å². The van der Waals surface area contributed by atoms with E-state index in [4.69, 9.17) is 0 Å². The van der Waals surface area contributed by atoms with Crippen LogP contribution in [0.4, 0.5) is 8.78 Å². The van der Waals surface area contributed by atoms with Crippen LogP contribution < -0.4 is 9.13 Å². The number of halogens is 2. The van der Waals surface area contributed by atoms with Gasteiger partial charge in [0.25, 0.3) is 5.01 Å². The molecular formula is C21H24F2N2S+2. The maximum atomic E-state index is 14.9. The van der Waals surface area contributed by atoms with Crippen molar-refractivity contribution in [3.8, 4) is 21.8 Å². The van der Waals surface area contributed by atoms with E-state index in [0.29, 0.717) is 16.7 Å². The van der Waals surface area contributed by atoms with Crippen LogP contribution in [0.15, 0.2) is 36.0 Å². The fraction of sp³-hybridized carbons (Fsp3) is 0.333. The third-order valence-electron chi connectivity index (χ3n) is 4.75. The Balaban J connectivity index is 2.32. The highest BCUT2D eigenvalue weighted by atomic mass is 32.1. The van der Waals surface area contributed by atoms with E-state index in [1.54, 1.807) is 6.92 Å². The summed E-state index contributed by atoms with van der Waals surface area (Å²) in [4.78, 5) is 0. The lowest BCUT2D eigenvalue weighted by molar-refractivity contribution is -0.660. The molecule has 0 atom stereocenters. The molecule has 2 heterocycles. The Morgan fingerprint density at radius 2 is 1.58 bits per heavy atom. The van der Waals surface area contributed by atoms with Crippen LogP contribution in [0.1, 0.15) is 31.9 Å². The normalized spacial score (nSPS) is 11.8. The molecule has 2 aromatic heterocycles. The molecule has 0 fully saturated rings. The zero-order valence-corrected chi connectivity index (χ0v) is 16.8. The smallest absolute Gasteiger partial charge is 0.206 e. The molecular weight excluding hydrogens is 350 g/mol. The molecule has 2 nitrogen and oxygen atoms in total. The van der Waals surface area contributed by atoms with E-state index in [9.17, 15) is 8.78 Å². The Morgan fingerprint density at radius 3 is 2.15 bits per heavy atom. The molecule has 0 aliphatic rings. The van der Waals surface area contributed by atoms with Gasteiger partial charge in [0.1, 0.15) is 25.7 Å². The standard InChI is InChI=1S/C21H24F2N2S/c1-13-18(17-11-14(21(2,3)4)7-8-24(17)5)15(22)12-16(23)19(13)20-25(6)9-10-26-20/h7-12H,1-6H3/q+2. The Bertz CT molecular complexity index is 984. The highest BCUT2D eigenvalue weighted by molar-refractivity contribution is 7.12. The summed E-state index contributed by atoms with van der Waals surface area (Å²) < 4.78 is 33.3. The van der Waals surface area contributed by atoms with Gasteiger partial charge in [-0.25, -0.2) is 13.3 Å². The molecule has 0 bridgehead atoms. The minimum absolute atomic E-state index is 0.0591. The third-order valence-corrected chi connectivity index (χ3v) is 5.72. The third kappa shape index (κ3) is 3.16. The summed E-state index contributed by atoms with van der Waals surface area (Å²) in [7, 11) is 3.75. The molecule has 0 unspecified atom stereocenters. The Labute approximate surface area is 157 Å². The molecule has 0 aliphatic heterocycles. The monoisotopic (exact) mass is 374 g/mol. The lowest BCUT2D eigenvalue weighted by atomic mass is 9.86. The van der Waals surface area contributed by atoms with Crippen molar-refractivity contribution in [2.75, 3.05) is 0 Å². The summed E-state index contributed by atoms with van der Waals surface area (Å²) in [5.74, 6) is -1.07. The molecule has 0 saturated heterocycles. The zero-order chi connectivity index (χ0) is 19.2. The summed E-state index contributed by atoms with van der Waals surface area (Å²) in [5, 5.41) is 2.67. The lowest BCUT2D eigenvalue weighted by Crippen LogP contribution is -2.32. The summed E-state index contributed by atoms with van der Waals surface area (Å²) in [6.07, 6.45) is 3.81. The van der Waals surface area contributed by atoms with E-state index in [0.717, 1.165) is 22.3 Å². The molecule has 3 rings (SSSR count). The second-order valence-electron chi connectivity index (χ2n) is 7.70. The van der Waals surface area contributed by atoms with Gasteiger partial charge in [0, 0.05) is 18.2 Å². The summed E-state index contributed by atoms with van der Waals surface area (Å²) in [6, 6.07) is 5.04. The molecule has 3 aromatic rings. The highest BCUT2D eigenvalue weighted by Gasteiger charge is 2.28. The SMILES string of the molecule is Cc1c(-c2cc(C(C)(C)C)cc[n+]2C)c(F)cc(F)c1-c1scc[n+]1C. The number of hydrogen-bond acceptors (Lipinski definition) is 1. The second-order valence-corrected chi connectivity index (χ2v) is 8.59. The first-order chi connectivity index (χ1) is 12.1. The molecule has 5 heteroatoms. The van der Waals surface area contributed by atoms with Gasteiger partial charge < -0.3 is 0 Å². The Kier molecular flexibility index (Phi) is 4.69. The van der Waals surface area contributed by atoms with Crippen LogP contribution in [0, 0.1) is 18.6 Å². The predicted octanol–water partition coefficient (Wildman–Crippen LogP) is 4.62. The van der Waals surface area contributed by atoms with Crippen molar-refractivity contribution in [1.29, 1.82) is 0 Å². The summed E-state index contributed by atoms with van der Waals surface area (Å²) >= 11 is 1.45. The first-order valence-electron chi connectivity index (χ1n) is 8.54. The maximum Gasteiger partial charge on any atom is 0.272 e. The van der Waals surface area contributed by atoms with Gasteiger partial charge in [-0.15, -0.1) is 0 Å². The van der Waals surface area contributed by atoms with Crippen LogP contribution in [0.2, 0.25) is 0 Å². The van der Waals surface area contributed by atoms with E-state index < -0.39 is 11.6 Å². The quantitative estimate of drug-likeness (QED) is 0.579. The van der Waals surface area contributed by atoms with Crippen LogP contribution in [-0.2, 0) is 19.5 Å². The first kappa shape index (κ1) is 18.6. The number of benzene rings is 1. The number of pyridine rings is 1. The fourth-order valence-electron chi connectivity index (χ4n) is 3.17. The number of thiazole rings is 1. The number of rotatable bonds is 2. The Hall–Kier alpha value is -2.14. The minimum atomic E-state index is -0.537. The van der Waals surface area contributed by atoms with E-state index in [2.05, 4.69) is 20.8 Å².